The molecule has 2 heterocycles. The molecule has 0 spiro atoms. The third kappa shape index (κ3) is 4.65. The van der Waals surface area contributed by atoms with Crippen molar-refractivity contribution in [2.24, 2.45) is 0 Å². The van der Waals surface area contributed by atoms with Crippen LogP contribution in [0.1, 0.15) is 23.8 Å². The van der Waals surface area contributed by atoms with Gasteiger partial charge in [-0.2, -0.15) is 13.2 Å². The zero-order valence-electron chi connectivity index (χ0n) is 11.2. The largest absolute Gasteiger partial charge is 0.389 e. The van der Waals surface area contributed by atoms with Crippen LogP contribution in [-0.4, -0.2) is 42.2 Å². The van der Waals surface area contributed by atoms with Crippen molar-refractivity contribution in [2.75, 3.05) is 26.2 Å². The Morgan fingerprint density at radius 3 is 2.57 bits per heavy atom. The highest BCUT2D eigenvalue weighted by molar-refractivity contribution is 7.15. The lowest BCUT2D eigenvalue weighted by Gasteiger charge is -2.34. The summed E-state index contributed by atoms with van der Waals surface area (Å²) in [5.41, 5.74) is 0. The minimum absolute atomic E-state index is 0.0304. The summed E-state index contributed by atoms with van der Waals surface area (Å²) in [6.45, 7) is 2.73. The van der Waals surface area contributed by atoms with E-state index < -0.39 is 23.6 Å². The van der Waals surface area contributed by atoms with Crippen LogP contribution in [0, 0.1) is 10.1 Å². The van der Waals surface area contributed by atoms with E-state index in [1.54, 1.807) is 6.07 Å². The average molecular weight is 323 g/mol. The molecule has 0 aliphatic carbocycles. The lowest BCUT2D eigenvalue weighted by Crippen LogP contribution is -2.45. The van der Waals surface area contributed by atoms with Gasteiger partial charge in [-0.25, -0.2) is 0 Å². The van der Waals surface area contributed by atoms with Gasteiger partial charge < -0.3 is 5.32 Å². The molecule has 0 unspecified atom stereocenters. The van der Waals surface area contributed by atoms with Crippen molar-refractivity contribution in [1.82, 2.24) is 10.2 Å². The molecule has 1 aliphatic heterocycles. The second kappa shape index (κ2) is 6.71. The van der Waals surface area contributed by atoms with E-state index in [1.165, 1.54) is 6.07 Å². The third-order valence-electron chi connectivity index (χ3n) is 3.41. The highest BCUT2D eigenvalue weighted by Gasteiger charge is 2.32. The molecule has 0 saturated carbocycles. The molecule has 118 valence electrons. The summed E-state index contributed by atoms with van der Waals surface area (Å²) in [7, 11) is 0. The van der Waals surface area contributed by atoms with Crippen molar-refractivity contribution in [1.29, 1.82) is 0 Å². The fourth-order valence-corrected chi connectivity index (χ4v) is 3.41. The van der Waals surface area contributed by atoms with Crippen LogP contribution in [0.4, 0.5) is 18.2 Å². The molecule has 1 aromatic heterocycles. The highest BCUT2D eigenvalue weighted by Crippen LogP contribution is 2.37. The lowest BCUT2D eigenvalue weighted by atomic mass is 10.1. The fraction of sp³-hybridized carbons (Fsp3) is 0.667. The molecular weight excluding hydrogens is 307 g/mol. The zero-order chi connectivity index (χ0) is 15.5. The van der Waals surface area contributed by atoms with E-state index in [-0.39, 0.29) is 11.4 Å². The maximum Gasteiger partial charge on any atom is 0.389 e. The highest BCUT2D eigenvalue weighted by atomic mass is 32.1. The summed E-state index contributed by atoms with van der Waals surface area (Å²) in [5.74, 6) is 0. The summed E-state index contributed by atoms with van der Waals surface area (Å²) in [5, 5.41) is 13.9. The van der Waals surface area contributed by atoms with Gasteiger partial charge in [-0.15, -0.1) is 0 Å². The molecule has 1 saturated heterocycles. The zero-order valence-corrected chi connectivity index (χ0v) is 12.0. The number of nitrogens with one attached hydrogen (secondary N) is 1. The predicted molar refractivity (Wildman–Crippen MR) is 73.4 cm³/mol. The summed E-state index contributed by atoms with van der Waals surface area (Å²) in [4.78, 5) is 12.8. The van der Waals surface area contributed by atoms with Crippen LogP contribution < -0.4 is 5.32 Å². The topological polar surface area (TPSA) is 58.4 Å². The van der Waals surface area contributed by atoms with Crippen molar-refractivity contribution in [3.63, 3.8) is 0 Å². The molecule has 2 rings (SSSR count). The molecule has 0 radical (unpaired) electrons. The Morgan fingerprint density at radius 2 is 2.05 bits per heavy atom. The molecule has 1 atom stereocenters. The molecule has 0 bridgehead atoms. The molecule has 9 heteroatoms. The quantitative estimate of drug-likeness (QED) is 0.668. The Hall–Kier alpha value is -1.19. The number of halogens is 3. The van der Waals surface area contributed by atoms with Crippen LogP contribution in [0.2, 0.25) is 0 Å². The molecule has 1 N–H and O–H groups in total. The smallest absolute Gasteiger partial charge is 0.314 e. The van der Waals surface area contributed by atoms with E-state index in [4.69, 9.17) is 0 Å². The van der Waals surface area contributed by atoms with Crippen LogP contribution in [0.3, 0.4) is 0 Å². The summed E-state index contributed by atoms with van der Waals surface area (Å²) >= 11 is 0.965. The Labute approximate surface area is 123 Å². The van der Waals surface area contributed by atoms with Crippen molar-refractivity contribution in [2.45, 2.75) is 25.1 Å². The third-order valence-corrected chi connectivity index (χ3v) is 4.55. The molecule has 0 amide bonds. The molecular formula is C12H16F3N3O2S. The summed E-state index contributed by atoms with van der Waals surface area (Å²) < 4.78 is 37.5. The number of piperazine rings is 1. The lowest BCUT2D eigenvalue weighted by molar-refractivity contribution is -0.380. The maximum absolute atomic E-state index is 12.5. The Kier molecular flexibility index (Phi) is 5.17. The SMILES string of the molecule is O=[N+]([O-])c1ccc([C@@H](CCC(F)(F)F)N2CCNCC2)s1. The number of hydrogen-bond donors (Lipinski definition) is 1. The molecule has 1 aromatic rings. The number of nitrogens with zero attached hydrogens (tertiary/aromatic N) is 2. The van der Waals surface area contributed by atoms with Gasteiger partial charge >= 0.3 is 11.2 Å². The van der Waals surface area contributed by atoms with E-state index in [0.717, 1.165) is 24.4 Å². The first-order valence-electron chi connectivity index (χ1n) is 6.62. The van der Waals surface area contributed by atoms with E-state index >= 15 is 0 Å². The molecule has 1 aliphatic rings. The van der Waals surface area contributed by atoms with E-state index in [0.29, 0.717) is 18.0 Å². The predicted octanol–water partition coefficient (Wildman–Crippen LogP) is 2.95. The average Bonchev–Trinajstić information content (AvgIpc) is 2.89. The van der Waals surface area contributed by atoms with Gasteiger partial charge in [0.05, 0.1) is 4.92 Å². The standard InChI is InChI=1S/C12H16F3N3O2S/c13-12(14,15)4-3-9(17-7-5-16-6-8-17)10-1-2-11(21-10)18(19)20/h1-2,9,16H,3-8H2/t9-/m1/s1. The number of alkyl halides is 3. The first kappa shape index (κ1) is 16.2. The summed E-state index contributed by atoms with van der Waals surface area (Å²) in [6, 6.07) is 2.53. The minimum atomic E-state index is -4.21. The van der Waals surface area contributed by atoms with Crippen LogP contribution in [0.15, 0.2) is 12.1 Å². The van der Waals surface area contributed by atoms with Gasteiger partial charge in [-0.05, 0) is 12.5 Å². The summed E-state index contributed by atoms with van der Waals surface area (Å²) in [6.07, 6.45) is -5.16. The first-order valence-corrected chi connectivity index (χ1v) is 7.44. The fourth-order valence-electron chi connectivity index (χ4n) is 2.42. The number of rotatable bonds is 5. The number of nitro groups is 1. The molecule has 5 nitrogen and oxygen atoms in total. The molecule has 0 aromatic carbocycles. The van der Waals surface area contributed by atoms with Crippen molar-refractivity contribution >= 4 is 16.3 Å². The van der Waals surface area contributed by atoms with Crippen LogP contribution in [0.25, 0.3) is 0 Å². The monoisotopic (exact) mass is 323 g/mol. The maximum atomic E-state index is 12.5. The van der Waals surface area contributed by atoms with Gasteiger partial charge in [-0.1, -0.05) is 11.3 Å². The Bertz CT molecular complexity index is 486. The van der Waals surface area contributed by atoms with Crippen molar-refractivity contribution in [3.05, 3.63) is 27.1 Å². The van der Waals surface area contributed by atoms with Crippen molar-refractivity contribution in [3.8, 4) is 0 Å². The Balaban J connectivity index is 2.14. The number of thiophene rings is 1. The normalized spacial score (nSPS) is 18.6. The molecule has 21 heavy (non-hydrogen) atoms. The minimum Gasteiger partial charge on any atom is -0.314 e. The van der Waals surface area contributed by atoms with Gasteiger partial charge in [0.25, 0.3) is 0 Å². The molecule has 1 fully saturated rings. The van der Waals surface area contributed by atoms with E-state index in [2.05, 4.69) is 5.32 Å². The van der Waals surface area contributed by atoms with Gasteiger partial charge in [0.1, 0.15) is 0 Å². The van der Waals surface area contributed by atoms with Gasteiger partial charge in [-0.3, -0.25) is 15.0 Å². The van der Waals surface area contributed by atoms with E-state index in [1.807, 2.05) is 4.90 Å². The first-order chi connectivity index (χ1) is 9.87. The van der Waals surface area contributed by atoms with Crippen LogP contribution in [-0.2, 0) is 0 Å². The second-order valence-corrected chi connectivity index (χ2v) is 5.98. The van der Waals surface area contributed by atoms with Gasteiger partial charge in [0.15, 0.2) is 0 Å². The van der Waals surface area contributed by atoms with Crippen LogP contribution in [0.5, 0.6) is 0 Å². The van der Waals surface area contributed by atoms with Gasteiger partial charge in [0.2, 0.25) is 0 Å². The van der Waals surface area contributed by atoms with E-state index in [9.17, 15) is 23.3 Å². The van der Waals surface area contributed by atoms with Crippen molar-refractivity contribution < 1.29 is 18.1 Å². The number of hydrogen-bond acceptors (Lipinski definition) is 5. The second-order valence-electron chi connectivity index (χ2n) is 4.89. The van der Waals surface area contributed by atoms with Crippen LogP contribution >= 0.6 is 11.3 Å². The van der Waals surface area contributed by atoms with Gasteiger partial charge in [0, 0.05) is 49.6 Å². The Morgan fingerprint density at radius 1 is 1.38 bits per heavy atom.